The maximum absolute atomic E-state index is 11.1. The number of nitrogens with zero attached hydrogens (tertiary/aromatic N) is 1. The molecule has 0 aliphatic carbocycles. The Hall–Kier alpha value is -0.610. The average molecular weight is 160 g/mol. The minimum absolute atomic E-state index is 0.0898. The van der Waals surface area contributed by atoms with Crippen molar-refractivity contribution in [2.75, 3.05) is 19.9 Å². The molecule has 0 fully saturated rings. The lowest BCUT2D eigenvalue weighted by molar-refractivity contribution is -0.131. The van der Waals surface area contributed by atoms with E-state index in [4.69, 9.17) is 5.11 Å². The lowest BCUT2D eigenvalue weighted by Gasteiger charge is -2.19. The third-order valence-electron chi connectivity index (χ3n) is 1.45. The van der Waals surface area contributed by atoms with Gasteiger partial charge < -0.3 is 10.0 Å². The standard InChI is InChI=1S/C7H16N2O2/c1-3-7(11)9(4-2)5-8-6-10/h8,10H,3-6H2,1-2H3. The SMILES string of the molecule is CCC(=O)N(CC)CNCO. The van der Waals surface area contributed by atoms with Crippen LogP contribution in [0.5, 0.6) is 0 Å². The summed E-state index contributed by atoms with van der Waals surface area (Å²) < 4.78 is 0. The van der Waals surface area contributed by atoms with Crippen LogP contribution < -0.4 is 5.32 Å². The van der Waals surface area contributed by atoms with E-state index in [2.05, 4.69) is 5.32 Å². The van der Waals surface area contributed by atoms with Crippen molar-refractivity contribution in [3.05, 3.63) is 0 Å². The molecule has 0 aliphatic rings. The lowest BCUT2D eigenvalue weighted by atomic mass is 10.4. The number of aliphatic hydroxyl groups is 1. The van der Waals surface area contributed by atoms with Crippen LogP contribution >= 0.6 is 0 Å². The summed E-state index contributed by atoms with van der Waals surface area (Å²) in [5.41, 5.74) is 0. The molecule has 0 aromatic carbocycles. The second kappa shape index (κ2) is 6.12. The van der Waals surface area contributed by atoms with Gasteiger partial charge in [-0.05, 0) is 6.92 Å². The molecule has 2 N–H and O–H groups in total. The second-order valence-corrected chi connectivity index (χ2v) is 2.17. The number of hydrogen-bond donors (Lipinski definition) is 2. The van der Waals surface area contributed by atoms with E-state index in [1.165, 1.54) is 0 Å². The summed E-state index contributed by atoms with van der Waals surface area (Å²) in [5.74, 6) is 0.105. The first kappa shape index (κ1) is 10.4. The highest BCUT2D eigenvalue weighted by atomic mass is 16.3. The van der Waals surface area contributed by atoms with Crippen molar-refractivity contribution in [3.8, 4) is 0 Å². The molecule has 0 saturated heterocycles. The van der Waals surface area contributed by atoms with Crippen molar-refractivity contribution in [2.24, 2.45) is 0 Å². The Morgan fingerprint density at radius 1 is 1.55 bits per heavy atom. The number of carbonyl (C=O) groups is 1. The zero-order valence-electron chi connectivity index (χ0n) is 7.13. The van der Waals surface area contributed by atoms with Crippen LogP contribution in [-0.4, -0.2) is 35.9 Å². The Kier molecular flexibility index (Phi) is 5.78. The molecule has 0 radical (unpaired) electrons. The molecule has 0 aromatic heterocycles. The molecule has 0 aliphatic heterocycles. The first-order valence-corrected chi connectivity index (χ1v) is 3.85. The fraction of sp³-hybridized carbons (Fsp3) is 0.857. The van der Waals surface area contributed by atoms with Crippen LogP contribution in [-0.2, 0) is 4.79 Å². The number of rotatable bonds is 5. The first-order chi connectivity index (χ1) is 5.26. The Morgan fingerprint density at radius 3 is 2.55 bits per heavy atom. The highest BCUT2D eigenvalue weighted by molar-refractivity contribution is 5.75. The van der Waals surface area contributed by atoms with Gasteiger partial charge in [-0.3, -0.25) is 10.1 Å². The van der Waals surface area contributed by atoms with Gasteiger partial charge in [-0.1, -0.05) is 6.92 Å². The van der Waals surface area contributed by atoms with Crippen LogP contribution in [0.25, 0.3) is 0 Å². The van der Waals surface area contributed by atoms with Crippen LogP contribution in [0.15, 0.2) is 0 Å². The molecule has 1 amide bonds. The minimum atomic E-state index is -0.0898. The maximum Gasteiger partial charge on any atom is 0.223 e. The van der Waals surface area contributed by atoms with E-state index >= 15 is 0 Å². The topological polar surface area (TPSA) is 52.6 Å². The fourth-order valence-corrected chi connectivity index (χ4v) is 0.785. The molecule has 4 heteroatoms. The normalized spacial score (nSPS) is 9.73. The quantitative estimate of drug-likeness (QED) is 0.545. The van der Waals surface area contributed by atoms with Crippen molar-refractivity contribution >= 4 is 5.91 Å². The molecular formula is C7H16N2O2. The van der Waals surface area contributed by atoms with Crippen molar-refractivity contribution < 1.29 is 9.90 Å². The molecule has 4 nitrogen and oxygen atoms in total. The van der Waals surface area contributed by atoms with Gasteiger partial charge in [0.05, 0.1) is 13.4 Å². The van der Waals surface area contributed by atoms with Gasteiger partial charge in [-0.25, -0.2) is 0 Å². The third kappa shape index (κ3) is 3.95. The van der Waals surface area contributed by atoms with Crippen LogP contribution in [0.3, 0.4) is 0 Å². The number of aliphatic hydroxyl groups excluding tert-OH is 1. The molecule has 0 saturated carbocycles. The number of amides is 1. The first-order valence-electron chi connectivity index (χ1n) is 3.85. The van der Waals surface area contributed by atoms with Gasteiger partial charge in [-0.2, -0.15) is 0 Å². The third-order valence-corrected chi connectivity index (χ3v) is 1.45. The lowest BCUT2D eigenvalue weighted by Crippen LogP contribution is -2.38. The molecule has 0 atom stereocenters. The van der Waals surface area contributed by atoms with Gasteiger partial charge in [0.2, 0.25) is 5.91 Å². The van der Waals surface area contributed by atoms with E-state index in [0.717, 1.165) is 0 Å². The number of carbonyl (C=O) groups excluding carboxylic acids is 1. The predicted octanol–water partition coefficient (Wildman–Crippen LogP) is -0.258. The van der Waals surface area contributed by atoms with Gasteiger partial charge in [0.1, 0.15) is 0 Å². The average Bonchev–Trinajstić information content (AvgIpc) is 2.05. The Bertz CT molecular complexity index is 117. The summed E-state index contributed by atoms with van der Waals surface area (Å²) in [4.78, 5) is 12.7. The summed E-state index contributed by atoms with van der Waals surface area (Å²) in [6.07, 6.45) is 0.515. The summed E-state index contributed by atoms with van der Waals surface area (Å²) >= 11 is 0. The van der Waals surface area contributed by atoms with E-state index in [1.54, 1.807) is 4.90 Å². The monoisotopic (exact) mass is 160 g/mol. The van der Waals surface area contributed by atoms with E-state index in [1.807, 2.05) is 13.8 Å². The minimum Gasteiger partial charge on any atom is -0.381 e. The van der Waals surface area contributed by atoms with Gasteiger partial charge in [0.15, 0.2) is 0 Å². The Labute approximate surface area is 67.2 Å². The summed E-state index contributed by atoms with van der Waals surface area (Å²) in [7, 11) is 0. The van der Waals surface area contributed by atoms with E-state index in [0.29, 0.717) is 19.6 Å². The summed E-state index contributed by atoms with van der Waals surface area (Å²) in [6, 6.07) is 0. The summed E-state index contributed by atoms with van der Waals surface area (Å²) in [5, 5.41) is 11.1. The van der Waals surface area contributed by atoms with Gasteiger partial charge >= 0.3 is 0 Å². The fourth-order valence-electron chi connectivity index (χ4n) is 0.785. The molecular weight excluding hydrogens is 144 g/mol. The van der Waals surface area contributed by atoms with Gasteiger partial charge in [0, 0.05) is 13.0 Å². The molecule has 0 bridgehead atoms. The molecule has 0 rings (SSSR count). The van der Waals surface area contributed by atoms with E-state index < -0.39 is 0 Å². The Balaban J connectivity index is 3.65. The van der Waals surface area contributed by atoms with Crippen LogP contribution in [0.4, 0.5) is 0 Å². The predicted molar refractivity (Wildman–Crippen MR) is 42.8 cm³/mol. The van der Waals surface area contributed by atoms with Crippen LogP contribution in [0.2, 0.25) is 0 Å². The van der Waals surface area contributed by atoms with E-state index in [-0.39, 0.29) is 12.6 Å². The highest BCUT2D eigenvalue weighted by Gasteiger charge is 2.06. The van der Waals surface area contributed by atoms with Crippen LogP contribution in [0, 0.1) is 0 Å². The maximum atomic E-state index is 11.1. The molecule has 0 heterocycles. The zero-order chi connectivity index (χ0) is 8.69. The van der Waals surface area contributed by atoms with Crippen LogP contribution in [0.1, 0.15) is 20.3 Å². The number of hydrogen-bond acceptors (Lipinski definition) is 3. The molecule has 0 spiro atoms. The largest absolute Gasteiger partial charge is 0.381 e. The van der Waals surface area contributed by atoms with Crippen molar-refractivity contribution in [1.29, 1.82) is 0 Å². The molecule has 0 unspecified atom stereocenters. The van der Waals surface area contributed by atoms with Gasteiger partial charge in [0.25, 0.3) is 0 Å². The summed E-state index contributed by atoms with van der Waals surface area (Å²) in [6.45, 7) is 4.75. The van der Waals surface area contributed by atoms with E-state index in [9.17, 15) is 4.79 Å². The molecule has 11 heavy (non-hydrogen) atoms. The highest BCUT2D eigenvalue weighted by Crippen LogP contribution is 1.90. The van der Waals surface area contributed by atoms with Crippen molar-refractivity contribution in [3.63, 3.8) is 0 Å². The second-order valence-electron chi connectivity index (χ2n) is 2.17. The van der Waals surface area contributed by atoms with Crippen molar-refractivity contribution in [2.45, 2.75) is 20.3 Å². The molecule has 66 valence electrons. The smallest absolute Gasteiger partial charge is 0.223 e. The van der Waals surface area contributed by atoms with Gasteiger partial charge in [-0.15, -0.1) is 0 Å². The molecule has 0 aromatic rings. The number of nitrogens with one attached hydrogen (secondary N) is 1. The van der Waals surface area contributed by atoms with Crippen molar-refractivity contribution in [1.82, 2.24) is 10.2 Å². The Morgan fingerprint density at radius 2 is 2.18 bits per heavy atom. The zero-order valence-corrected chi connectivity index (χ0v) is 7.13.